The first kappa shape index (κ1) is 17.8. The minimum atomic E-state index is -3.13. The second-order valence-corrected chi connectivity index (χ2v) is 8.30. The summed E-state index contributed by atoms with van der Waals surface area (Å²) in [5.74, 6) is 1.66. The summed E-state index contributed by atoms with van der Waals surface area (Å²) in [6.07, 6.45) is 3.44. The second kappa shape index (κ2) is 7.49. The van der Waals surface area contributed by atoms with Gasteiger partial charge in [-0.25, -0.2) is 13.1 Å². The molecule has 1 aliphatic heterocycles. The molecule has 0 saturated carbocycles. The number of hydrogen-bond acceptors (Lipinski definition) is 6. The lowest BCUT2D eigenvalue weighted by Crippen LogP contribution is -2.49. The van der Waals surface area contributed by atoms with Crippen LogP contribution >= 0.6 is 0 Å². The van der Waals surface area contributed by atoms with E-state index in [9.17, 15) is 8.42 Å². The third kappa shape index (κ3) is 4.16. The Hall–Kier alpha value is -2.00. The molecule has 0 bridgehead atoms. The van der Waals surface area contributed by atoms with Gasteiger partial charge in [0, 0.05) is 32.4 Å². The summed E-state index contributed by atoms with van der Waals surface area (Å²) in [6, 6.07) is 5.69. The Morgan fingerprint density at radius 3 is 2.28 bits per heavy atom. The molecule has 0 radical (unpaired) electrons. The van der Waals surface area contributed by atoms with Crippen LogP contribution in [0.5, 0.6) is 0 Å². The molecular formula is C16H24N6O2S. The Morgan fingerprint density at radius 1 is 1.04 bits per heavy atom. The lowest BCUT2D eigenvalue weighted by atomic mass is 10.3. The second-order valence-electron chi connectivity index (χ2n) is 6.21. The smallest absolute Gasteiger partial charge is 0.214 e. The van der Waals surface area contributed by atoms with Crippen molar-refractivity contribution in [3.8, 4) is 5.82 Å². The molecule has 2 aromatic heterocycles. The molecule has 0 atom stereocenters. The number of aryl methyl sites for hydroxylation is 1. The highest BCUT2D eigenvalue weighted by Crippen LogP contribution is 2.16. The lowest BCUT2D eigenvalue weighted by Gasteiger charge is -2.34. The van der Waals surface area contributed by atoms with Gasteiger partial charge in [-0.15, -0.1) is 10.2 Å². The van der Waals surface area contributed by atoms with E-state index < -0.39 is 10.0 Å². The number of anilines is 1. The Kier molecular flexibility index (Phi) is 5.33. The van der Waals surface area contributed by atoms with E-state index in [0.29, 0.717) is 38.4 Å². The molecule has 0 aliphatic carbocycles. The van der Waals surface area contributed by atoms with Crippen LogP contribution in [0.15, 0.2) is 24.4 Å². The Labute approximate surface area is 148 Å². The summed E-state index contributed by atoms with van der Waals surface area (Å²) in [6.45, 7) is 6.16. The molecule has 3 heterocycles. The first-order chi connectivity index (χ1) is 12.0. The zero-order valence-electron chi connectivity index (χ0n) is 14.7. The average molecular weight is 364 g/mol. The van der Waals surface area contributed by atoms with Gasteiger partial charge < -0.3 is 4.90 Å². The van der Waals surface area contributed by atoms with Gasteiger partial charge in [0.05, 0.1) is 11.4 Å². The Bertz CT molecular complexity index is 794. The van der Waals surface area contributed by atoms with Crippen LogP contribution in [0, 0.1) is 6.92 Å². The average Bonchev–Trinajstić information content (AvgIpc) is 3.07. The standard InChI is InChI=1S/C16H24N6O2S/c1-3-4-13-25(23,24)21-11-9-20(10-12-21)15-5-6-16(18-17-15)22-8-7-14(2)19-22/h5-8H,3-4,9-13H2,1-2H3. The van der Waals surface area contributed by atoms with Gasteiger partial charge in [0.25, 0.3) is 0 Å². The molecule has 0 unspecified atom stereocenters. The third-order valence-corrected chi connectivity index (χ3v) is 6.26. The van der Waals surface area contributed by atoms with Crippen LogP contribution in [0.4, 0.5) is 5.82 Å². The van der Waals surface area contributed by atoms with Crippen LogP contribution in [-0.2, 0) is 10.0 Å². The molecule has 0 aromatic carbocycles. The van der Waals surface area contributed by atoms with Crippen molar-refractivity contribution in [1.29, 1.82) is 0 Å². The highest BCUT2D eigenvalue weighted by molar-refractivity contribution is 7.89. The molecule has 0 N–H and O–H groups in total. The van der Waals surface area contributed by atoms with Gasteiger partial charge in [0.15, 0.2) is 11.6 Å². The van der Waals surface area contributed by atoms with Crippen molar-refractivity contribution in [1.82, 2.24) is 24.3 Å². The van der Waals surface area contributed by atoms with Crippen molar-refractivity contribution >= 4 is 15.8 Å². The van der Waals surface area contributed by atoms with E-state index in [-0.39, 0.29) is 5.75 Å². The zero-order chi connectivity index (χ0) is 17.9. The van der Waals surface area contributed by atoms with Gasteiger partial charge in [-0.3, -0.25) is 0 Å². The van der Waals surface area contributed by atoms with Crippen LogP contribution in [0.25, 0.3) is 5.82 Å². The van der Waals surface area contributed by atoms with Crippen molar-refractivity contribution < 1.29 is 8.42 Å². The molecule has 3 rings (SSSR count). The van der Waals surface area contributed by atoms with Crippen molar-refractivity contribution in [3.05, 3.63) is 30.1 Å². The van der Waals surface area contributed by atoms with Crippen LogP contribution < -0.4 is 4.90 Å². The van der Waals surface area contributed by atoms with Gasteiger partial charge in [-0.1, -0.05) is 13.3 Å². The lowest BCUT2D eigenvalue weighted by molar-refractivity contribution is 0.383. The fraction of sp³-hybridized carbons (Fsp3) is 0.562. The van der Waals surface area contributed by atoms with Crippen LogP contribution in [0.3, 0.4) is 0 Å². The molecule has 2 aromatic rings. The first-order valence-corrected chi connectivity index (χ1v) is 10.2. The van der Waals surface area contributed by atoms with E-state index in [1.165, 1.54) is 0 Å². The Balaban J connectivity index is 1.61. The normalized spacial score (nSPS) is 16.3. The fourth-order valence-corrected chi connectivity index (χ4v) is 4.43. The summed E-state index contributed by atoms with van der Waals surface area (Å²) >= 11 is 0. The van der Waals surface area contributed by atoms with E-state index >= 15 is 0 Å². The number of rotatable bonds is 6. The summed E-state index contributed by atoms with van der Waals surface area (Å²) in [5, 5.41) is 12.8. The molecule has 0 spiro atoms. The topological polar surface area (TPSA) is 84.2 Å². The number of piperazine rings is 1. The van der Waals surface area contributed by atoms with Gasteiger partial charge >= 0.3 is 0 Å². The molecule has 25 heavy (non-hydrogen) atoms. The highest BCUT2D eigenvalue weighted by Gasteiger charge is 2.27. The molecule has 1 aliphatic rings. The maximum atomic E-state index is 12.3. The molecule has 1 fully saturated rings. The first-order valence-electron chi connectivity index (χ1n) is 8.59. The van der Waals surface area contributed by atoms with E-state index in [0.717, 1.165) is 17.9 Å². The number of aromatic nitrogens is 4. The van der Waals surface area contributed by atoms with E-state index in [4.69, 9.17) is 0 Å². The SMILES string of the molecule is CCCCS(=O)(=O)N1CCN(c2ccc(-n3ccc(C)n3)nn2)CC1. The minimum absolute atomic E-state index is 0.237. The van der Waals surface area contributed by atoms with Crippen molar-refractivity contribution in [2.75, 3.05) is 36.8 Å². The van der Waals surface area contributed by atoms with Crippen LogP contribution in [-0.4, -0.2) is 64.6 Å². The van der Waals surface area contributed by atoms with Gasteiger partial charge in [0.1, 0.15) is 0 Å². The largest absolute Gasteiger partial charge is 0.352 e. The summed E-state index contributed by atoms with van der Waals surface area (Å²) in [7, 11) is -3.13. The zero-order valence-corrected chi connectivity index (χ0v) is 15.5. The van der Waals surface area contributed by atoms with E-state index in [2.05, 4.69) is 20.2 Å². The summed E-state index contributed by atoms with van der Waals surface area (Å²) in [5.41, 5.74) is 0.922. The molecule has 9 heteroatoms. The van der Waals surface area contributed by atoms with Crippen molar-refractivity contribution in [2.24, 2.45) is 0 Å². The number of sulfonamides is 1. The summed E-state index contributed by atoms with van der Waals surface area (Å²) < 4.78 is 27.8. The molecule has 8 nitrogen and oxygen atoms in total. The van der Waals surface area contributed by atoms with Crippen LogP contribution in [0.1, 0.15) is 25.5 Å². The monoisotopic (exact) mass is 364 g/mol. The predicted octanol–water partition coefficient (Wildman–Crippen LogP) is 1.22. The maximum absolute atomic E-state index is 12.3. The predicted molar refractivity (Wildman–Crippen MR) is 96.4 cm³/mol. The van der Waals surface area contributed by atoms with Crippen LogP contribution in [0.2, 0.25) is 0 Å². The van der Waals surface area contributed by atoms with Gasteiger partial charge in [-0.05, 0) is 31.5 Å². The fourth-order valence-electron chi connectivity index (χ4n) is 2.80. The molecule has 0 amide bonds. The third-order valence-electron chi connectivity index (χ3n) is 4.31. The van der Waals surface area contributed by atoms with Crippen molar-refractivity contribution in [3.63, 3.8) is 0 Å². The molecule has 1 saturated heterocycles. The van der Waals surface area contributed by atoms with E-state index in [1.807, 2.05) is 38.2 Å². The Morgan fingerprint density at radius 2 is 1.72 bits per heavy atom. The quantitative estimate of drug-likeness (QED) is 0.766. The number of nitrogens with zero attached hydrogens (tertiary/aromatic N) is 6. The highest BCUT2D eigenvalue weighted by atomic mass is 32.2. The van der Waals surface area contributed by atoms with E-state index in [1.54, 1.807) is 8.99 Å². The summed E-state index contributed by atoms with van der Waals surface area (Å²) in [4.78, 5) is 2.07. The molecular weight excluding hydrogens is 340 g/mol. The number of hydrogen-bond donors (Lipinski definition) is 0. The maximum Gasteiger partial charge on any atom is 0.214 e. The van der Waals surface area contributed by atoms with Crippen molar-refractivity contribution in [2.45, 2.75) is 26.7 Å². The van der Waals surface area contributed by atoms with Gasteiger partial charge in [0.2, 0.25) is 10.0 Å². The van der Waals surface area contributed by atoms with Gasteiger partial charge in [-0.2, -0.15) is 9.40 Å². The minimum Gasteiger partial charge on any atom is -0.352 e. The molecule has 136 valence electrons. The number of unbranched alkanes of at least 4 members (excludes halogenated alkanes) is 1.